The molecule has 98 valence electrons. The van der Waals surface area contributed by atoms with Gasteiger partial charge in [0.05, 0.1) is 11.6 Å². The third-order valence-corrected chi connectivity index (χ3v) is 3.71. The molecule has 0 spiro atoms. The summed E-state index contributed by atoms with van der Waals surface area (Å²) in [6.07, 6.45) is -2.45. The Bertz CT molecular complexity index is 304. The van der Waals surface area contributed by atoms with E-state index in [1.165, 1.54) is 0 Å². The second-order valence-electron chi connectivity index (χ2n) is 4.43. The van der Waals surface area contributed by atoms with E-state index >= 15 is 0 Å². The van der Waals surface area contributed by atoms with Crippen molar-refractivity contribution in [3.63, 3.8) is 0 Å². The van der Waals surface area contributed by atoms with E-state index in [-0.39, 0.29) is 19.7 Å². The van der Waals surface area contributed by atoms with Gasteiger partial charge in [-0.3, -0.25) is 0 Å². The Morgan fingerprint density at radius 3 is 2.53 bits per heavy atom. The molecule has 0 bridgehead atoms. The molecule has 0 radical (unpaired) electrons. The molecular formula is C10H15F3N2OS. The molecule has 2 aliphatic rings. The minimum Gasteiger partial charge on any atom is -0.364 e. The quantitative estimate of drug-likeness (QED) is 0.778. The molecular weight excluding hydrogens is 253 g/mol. The summed E-state index contributed by atoms with van der Waals surface area (Å²) in [5.74, 6) is 0. The summed E-state index contributed by atoms with van der Waals surface area (Å²) in [5, 5.41) is 2.61. The molecule has 2 heterocycles. The Labute approximate surface area is 103 Å². The molecule has 0 atom stereocenters. The van der Waals surface area contributed by atoms with E-state index in [2.05, 4.69) is 5.32 Å². The Morgan fingerprint density at radius 2 is 2.12 bits per heavy atom. The van der Waals surface area contributed by atoms with Crippen LogP contribution in [0.3, 0.4) is 0 Å². The lowest BCUT2D eigenvalue weighted by Crippen LogP contribution is -2.69. The van der Waals surface area contributed by atoms with E-state index in [0.29, 0.717) is 6.54 Å². The van der Waals surface area contributed by atoms with Crippen molar-refractivity contribution >= 4 is 17.2 Å². The Kier molecular flexibility index (Phi) is 3.61. The van der Waals surface area contributed by atoms with Gasteiger partial charge < -0.3 is 15.0 Å². The van der Waals surface area contributed by atoms with Gasteiger partial charge in [-0.2, -0.15) is 13.2 Å². The third-order valence-electron chi connectivity index (χ3n) is 3.25. The maximum absolute atomic E-state index is 12.7. The van der Waals surface area contributed by atoms with E-state index in [9.17, 15) is 13.2 Å². The van der Waals surface area contributed by atoms with Crippen LogP contribution in [0.2, 0.25) is 0 Å². The van der Waals surface area contributed by atoms with Gasteiger partial charge in [-0.05, 0) is 12.8 Å². The summed E-state index contributed by atoms with van der Waals surface area (Å²) in [5.41, 5.74) is -1.98. The molecule has 17 heavy (non-hydrogen) atoms. The number of thiocarbonyl (C=S) groups is 1. The highest BCUT2D eigenvalue weighted by molar-refractivity contribution is 7.80. The minimum atomic E-state index is -4.30. The zero-order chi connectivity index (χ0) is 12.5. The lowest BCUT2D eigenvalue weighted by molar-refractivity contribution is -0.293. The van der Waals surface area contributed by atoms with Gasteiger partial charge in [0, 0.05) is 26.2 Å². The molecule has 7 heteroatoms. The van der Waals surface area contributed by atoms with Crippen molar-refractivity contribution in [2.45, 2.75) is 24.6 Å². The largest absolute Gasteiger partial charge is 0.419 e. The molecule has 0 amide bonds. The summed E-state index contributed by atoms with van der Waals surface area (Å²) in [4.78, 5) is 2.76. The fraction of sp³-hybridized carbons (Fsp3) is 0.900. The van der Waals surface area contributed by atoms with E-state index in [4.69, 9.17) is 17.0 Å². The number of rotatable bonds is 4. The molecule has 0 aliphatic carbocycles. The molecule has 3 nitrogen and oxygen atoms in total. The number of likely N-dealkylation sites (tertiary alicyclic amines) is 1. The molecule has 0 aromatic heterocycles. The number of halogens is 3. The summed E-state index contributed by atoms with van der Waals surface area (Å²) >= 11 is 5.10. The molecule has 1 N–H and O–H groups in total. The number of alkyl halides is 3. The van der Waals surface area contributed by atoms with Crippen molar-refractivity contribution in [3.8, 4) is 0 Å². The Morgan fingerprint density at radius 1 is 1.41 bits per heavy atom. The Balaban J connectivity index is 1.79. The van der Waals surface area contributed by atoms with E-state index in [1.807, 2.05) is 4.90 Å². The first-order valence-electron chi connectivity index (χ1n) is 5.64. The maximum atomic E-state index is 12.7. The number of ether oxygens (including phenoxy) is 1. The first kappa shape index (κ1) is 13.0. The fourth-order valence-electron chi connectivity index (χ4n) is 2.03. The predicted molar refractivity (Wildman–Crippen MR) is 61.0 cm³/mol. The summed E-state index contributed by atoms with van der Waals surface area (Å²) in [7, 11) is 0. The zero-order valence-corrected chi connectivity index (χ0v) is 10.2. The molecule has 2 rings (SSSR count). The molecule has 2 fully saturated rings. The maximum Gasteiger partial charge on any atom is 0.419 e. The highest BCUT2D eigenvalue weighted by Crippen LogP contribution is 2.36. The van der Waals surface area contributed by atoms with Crippen LogP contribution >= 0.6 is 12.2 Å². The second kappa shape index (κ2) is 4.70. The highest BCUT2D eigenvalue weighted by atomic mass is 32.1. The van der Waals surface area contributed by atoms with Gasteiger partial charge in [0.25, 0.3) is 0 Å². The molecule has 0 saturated carbocycles. The van der Waals surface area contributed by atoms with Crippen molar-refractivity contribution in [3.05, 3.63) is 0 Å². The van der Waals surface area contributed by atoms with Crippen LogP contribution in [0.1, 0.15) is 12.8 Å². The third kappa shape index (κ3) is 2.56. The molecule has 0 unspecified atom stereocenters. The van der Waals surface area contributed by atoms with Gasteiger partial charge in [-0.25, -0.2) is 0 Å². The number of nitrogens with zero attached hydrogens (tertiary/aromatic N) is 1. The van der Waals surface area contributed by atoms with E-state index in [1.54, 1.807) is 0 Å². The lowest BCUT2D eigenvalue weighted by atomic mass is 9.96. The summed E-state index contributed by atoms with van der Waals surface area (Å²) in [6.45, 7) is 1.05. The molecule has 2 saturated heterocycles. The van der Waals surface area contributed by atoms with Gasteiger partial charge >= 0.3 is 6.18 Å². The van der Waals surface area contributed by atoms with Gasteiger partial charge in [-0.1, -0.05) is 12.2 Å². The summed E-state index contributed by atoms with van der Waals surface area (Å²) < 4.78 is 43.2. The standard InChI is InChI=1S/C10H15F3N2OS/c11-10(12,13)9(6-14-7-9)16-5-4-15-3-1-2-8(15)17/h14H,1-7H2. The average molecular weight is 268 g/mol. The lowest BCUT2D eigenvalue weighted by Gasteiger charge is -2.43. The monoisotopic (exact) mass is 268 g/mol. The first-order valence-corrected chi connectivity index (χ1v) is 6.05. The predicted octanol–water partition coefficient (Wildman–Crippen LogP) is 1.33. The van der Waals surface area contributed by atoms with Gasteiger partial charge in [0.1, 0.15) is 0 Å². The van der Waals surface area contributed by atoms with Gasteiger partial charge in [-0.15, -0.1) is 0 Å². The molecule has 2 aliphatic heterocycles. The van der Waals surface area contributed by atoms with Crippen molar-refractivity contribution in [2.24, 2.45) is 0 Å². The SMILES string of the molecule is FC(F)(F)C1(OCCN2CCCC2=S)CNC1. The summed E-state index contributed by atoms with van der Waals surface area (Å²) in [6, 6.07) is 0. The second-order valence-corrected chi connectivity index (χ2v) is 4.90. The van der Waals surface area contributed by atoms with Gasteiger partial charge in [0.15, 0.2) is 5.60 Å². The van der Waals surface area contributed by atoms with Crippen LogP contribution in [0.15, 0.2) is 0 Å². The van der Waals surface area contributed by atoms with Crippen LogP contribution < -0.4 is 5.32 Å². The van der Waals surface area contributed by atoms with E-state index in [0.717, 1.165) is 24.4 Å². The van der Waals surface area contributed by atoms with E-state index < -0.39 is 11.8 Å². The smallest absolute Gasteiger partial charge is 0.364 e. The number of nitrogens with one attached hydrogen (secondary N) is 1. The van der Waals surface area contributed by atoms with Crippen molar-refractivity contribution in [2.75, 3.05) is 32.8 Å². The van der Waals surface area contributed by atoms with Gasteiger partial charge in [0.2, 0.25) is 0 Å². The average Bonchev–Trinajstić information content (AvgIpc) is 2.54. The molecule has 0 aromatic rings. The zero-order valence-electron chi connectivity index (χ0n) is 9.35. The minimum absolute atomic E-state index is 0.0708. The normalized spacial score (nSPS) is 23.9. The first-order chi connectivity index (χ1) is 7.95. The molecule has 0 aromatic carbocycles. The fourth-order valence-corrected chi connectivity index (χ4v) is 2.35. The van der Waals surface area contributed by atoms with Crippen LogP contribution in [0, 0.1) is 0 Å². The van der Waals surface area contributed by atoms with Crippen LogP contribution in [0.5, 0.6) is 0 Å². The van der Waals surface area contributed by atoms with Crippen molar-refractivity contribution in [1.82, 2.24) is 10.2 Å². The topological polar surface area (TPSA) is 24.5 Å². The van der Waals surface area contributed by atoms with Crippen LogP contribution in [-0.4, -0.2) is 54.5 Å². The van der Waals surface area contributed by atoms with Crippen molar-refractivity contribution < 1.29 is 17.9 Å². The highest BCUT2D eigenvalue weighted by Gasteiger charge is 2.60. The number of hydrogen-bond donors (Lipinski definition) is 1. The van der Waals surface area contributed by atoms with Crippen LogP contribution in [0.25, 0.3) is 0 Å². The Hall–Kier alpha value is -0.400. The van der Waals surface area contributed by atoms with Crippen LogP contribution in [0.4, 0.5) is 13.2 Å². The van der Waals surface area contributed by atoms with Crippen molar-refractivity contribution in [1.29, 1.82) is 0 Å². The number of hydrogen-bond acceptors (Lipinski definition) is 3. The van der Waals surface area contributed by atoms with Crippen LogP contribution in [-0.2, 0) is 4.74 Å².